The Hall–Kier alpha value is -2.14. The Labute approximate surface area is 107 Å². The van der Waals surface area contributed by atoms with E-state index in [1.807, 2.05) is 18.3 Å². The monoisotopic (exact) mass is 258 g/mol. The number of carbonyl (C=O) groups excluding carboxylic acids is 1. The van der Waals surface area contributed by atoms with Gasteiger partial charge in [0, 0.05) is 17.5 Å². The molecule has 0 amide bonds. The number of phenols is 1. The van der Waals surface area contributed by atoms with Gasteiger partial charge in [-0.15, -0.1) is 11.3 Å². The number of carbonyl (C=O) groups is 1. The van der Waals surface area contributed by atoms with Gasteiger partial charge < -0.3 is 5.11 Å². The van der Waals surface area contributed by atoms with Gasteiger partial charge in [0.15, 0.2) is 11.2 Å². The van der Waals surface area contributed by atoms with Crippen LogP contribution in [-0.2, 0) is 6.42 Å². The Kier molecular flexibility index (Phi) is 2.60. The van der Waals surface area contributed by atoms with Gasteiger partial charge in [0.05, 0.1) is 6.20 Å². The van der Waals surface area contributed by atoms with Crippen LogP contribution in [0.5, 0.6) is 5.75 Å². The van der Waals surface area contributed by atoms with Crippen molar-refractivity contribution in [2.45, 2.75) is 6.42 Å². The molecule has 0 spiro atoms. The molecule has 2 heterocycles. The summed E-state index contributed by atoms with van der Waals surface area (Å²) < 4.78 is 1.79. The first-order chi connectivity index (χ1) is 8.76. The van der Waals surface area contributed by atoms with E-state index in [-0.39, 0.29) is 5.75 Å². The third-order valence-corrected chi connectivity index (χ3v) is 3.69. The second kappa shape index (κ2) is 4.27. The molecule has 90 valence electrons. The number of nitrogens with zero attached hydrogens (tertiary/aromatic N) is 2. The molecule has 0 aliphatic heterocycles. The second-order valence-corrected chi connectivity index (χ2v) is 5.09. The van der Waals surface area contributed by atoms with Crippen molar-refractivity contribution in [2.24, 2.45) is 0 Å². The highest BCUT2D eigenvalue weighted by Gasteiger charge is 2.08. The largest absolute Gasteiger partial charge is 0.508 e. The molecule has 1 N–H and O–H groups in total. The molecule has 5 heteroatoms. The topological polar surface area (TPSA) is 54.6 Å². The molecule has 0 unspecified atom stereocenters. The summed E-state index contributed by atoms with van der Waals surface area (Å²) in [4.78, 5) is 16.9. The van der Waals surface area contributed by atoms with Crippen LogP contribution in [0.3, 0.4) is 0 Å². The van der Waals surface area contributed by atoms with Gasteiger partial charge in [0.1, 0.15) is 11.4 Å². The molecule has 3 aromatic rings. The van der Waals surface area contributed by atoms with E-state index in [9.17, 15) is 9.90 Å². The SMILES string of the molecule is O=Cc1cnc2sc(Cc3cccc(O)c3)cn12. The third kappa shape index (κ3) is 1.89. The number of fused-ring (bicyclic) bond motifs is 1. The van der Waals surface area contributed by atoms with E-state index in [4.69, 9.17) is 0 Å². The summed E-state index contributed by atoms with van der Waals surface area (Å²) in [7, 11) is 0. The van der Waals surface area contributed by atoms with Gasteiger partial charge in [0.2, 0.25) is 0 Å². The molecule has 0 radical (unpaired) electrons. The van der Waals surface area contributed by atoms with E-state index in [0.717, 1.165) is 28.1 Å². The zero-order chi connectivity index (χ0) is 12.5. The van der Waals surface area contributed by atoms with Crippen LogP contribution in [0.15, 0.2) is 36.7 Å². The molecule has 0 bridgehead atoms. The number of hydrogen-bond donors (Lipinski definition) is 1. The first-order valence-corrected chi connectivity index (χ1v) is 6.27. The number of thiazole rings is 1. The Morgan fingerprint density at radius 2 is 2.33 bits per heavy atom. The van der Waals surface area contributed by atoms with Crippen molar-refractivity contribution in [3.8, 4) is 5.75 Å². The van der Waals surface area contributed by atoms with Crippen molar-refractivity contribution in [2.75, 3.05) is 0 Å². The summed E-state index contributed by atoms with van der Waals surface area (Å²) in [5, 5.41) is 9.41. The van der Waals surface area contributed by atoms with E-state index in [1.165, 1.54) is 0 Å². The molecule has 0 atom stereocenters. The van der Waals surface area contributed by atoms with E-state index < -0.39 is 0 Å². The molecule has 4 nitrogen and oxygen atoms in total. The maximum absolute atomic E-state index is 10.8. The molecule has 3 rings (SSSR count). The first-order valence-electron chi connectivity index (χ1n) is 5.45. The van der Waals surface area contributed by atoms with Crippen LogP contribution in [0.1, 0.15) is 20.9 Å². The zero-order valence-corrected chi connectivity index (χ0v) is 10.2. The van der Waals surface area contributed by atoms with Crippen LogP contribution < -0.4 is 0 Å². The number of imidazole rings is 1. The molecule has 0 saturated carbocycles. The molecule has 0 saturated heterocycles. The molecule has 0 aliphatic carbocycles. The van der Waals surface area contributed by atoms with Crippen LogP contribution in [0.4, 0.5) is 0 Å². The Balaban J connectivity index is 1.95. The molecule has 0 fully saturated rings. The third-order valence-electron chi connectivity index (χ3n) is 2.70. The van der Waals surface area contributed by atoms with Crippen molar-refractivity contribution in [3.63, 3.8) is 0 Å². The fourth-order valence-electron chi connectivity index (χ4n) is 1.89. The second-order valence-electron chi connectivity index (χ2n) is 4.00. The molecule has 1 aromatic carbocycles. The first kappa shape index (κ1) is 11.0. The fraction of sp³-hybridized carbons (Fsp3) is 0.0769. The zero-order valence-electron chi connectivity index (χ0n) is 9.41. The number of aldehydes is 1. The van der Waals surface area contributed by atoms with E-state index in [0.29, 0.717) is 5.69 Å². The molecule has 18 heavy (non-hydrogen) atoms. The number of phenolic OH excluding ortho intramolecular Hbond substituents is 1. The average Bonchev–Trinajstić information content (AvgIpc) is 2.88. The summed E-state index contributed by atoms with van der Waals surface area (Å²) in [6.45, 7) is 0. The van der Waals surface area contributed by atoms with Crippen molar-refractivity contribution in [3.05, 3.63) is 52.8 Å². The van der Waals surface area contributed by atoms with E-state index in [1.54, 1.807) is 34.1 Å². The summed E-state index contributed by atoms with van der Waals surface area (Å²) >= 11 is 1.55. The Bertz CT molecular complexity index is 715. The van der Waals surface area contributed by atoms with Gasteiger partial charge in [-0.2, -0.15) is 0 Å². The summed E-state index contributed by atoms with van der Waals surface area (Å²) in [5.41, 5.74) is 1.59. The van der Waals surface area contributed by atoms with Crippen LogP contribution >= 0.6 is 11.3 Å². The quantitative estimate of drug-likeness (QED) is 0.734. The minimum Gasteiger partial charge on any atom is -0.508 e. The van der Waals surface area contributed by atoms with Gasteiger partial charge in [-0.25, -0.2) is 4.98 Å². The lowest BCUT2D eigenvalue weighted by molar-refractivity contribution is 0.111. The van der Waals surface area contributed by atoms with Crippen molar-refractivity contribution >= 4 is 22.6 Å². The van der Waals surface area contributed by atoms with Crippen molar-refractivity contribution < 1.29 is 9.90 Å². The number of hydrogen-bond acceptors (Lipinski definition) is 4. The van der Waals surface area contributed by atoms with Crippen molar-refractivity contribution in [1.82, 2.24) is 9.38 Å². The lowest BCUT2D eigenvalue weighted by Crippen LogP contribution is -1.87. The van der Waals surface area contributed by atoms with Gasteiger partial charge in [0.25, 0.3) is 0 Å². The predicted molar refractivity (Wildman–Crippen MR) is 69.4 cm³/mol. The lowest BCUT2D eigenvalue weighted by atomic mass is 10.1. The summed E-state index contributed by atoms with van der Waals surface area (Å²) in [6.07, 6.45) is 5.00. The highest BCUT2D eigenvalue weighted by molar-refractivity contribution is 7.17. The normalized spacial score (nSPS) is 10.9. The molecule has 2 aromatic heterocycles. The fourth-order valence-corrected chi connectivity index (χ4v) is 2.88. The van der Waals surface area contributed by atoms with Crippen LogP contribution in [0.2, 0.25) is 0 Å². The Morgan fingerprint density at radius 3 is 3.11 bits per heavy atom. The van der Waals surface area contributed by atoms with E-state index >= 15 is 0 Å². The van der Waals surface area contributed by atoms with Crippen LogP contribution in [0.25, 0.3) is 4.96 Å². The highest BCUT2D eigenvalue weighted by atomic mass is 32.1. The molecular formula is C13H10N2O2S. The minimum atomic E-state index is 0.266. The molecule has 0 aliphatic rings. The van der Waals surface area contributed by atoms with Crippen LogP contribution in [-0.4, -0.2) is 20.8 Å². The summed E-state index contributed by atoms with van der Waals surface area (Å²) in [5.74, 6) is 0.266. The number of rotatable bonds is 3. The highest BCUT2D eigenvalue weighted by Crippen LogP contribution is 2.22. The molecular weight excluding hydrogens is 248 g/mol. The van der Waals surface area contributed by atoms with Gasteiger partial charge >= 0.3 is 0 Å². The smallest absolute Gasteiger partial charge is 0.194 e. The van der Waals surface area contributed by atoms with Crippen LogP contribution in [0, 0.1) is 0 Å². The number of aromatic nitrogens is 2. The Morgan fingerprint density at radius 1 is 1.44 bits per heavy atom. The summed E-state index contributed by atoms with van der Waals surface area (Å²) in [6, 6.07) is 7.17. The van der Waals surface area contributed by atoms with Gasteiger partial charge in [-0.3, -0.25) is 9.20 Å². The van der Waals surface area contributed by atoms with Gasteiger partial charge in [-0.1, -0.05) is 12.1 Å². The number of benzene rings is 1. The maximum Gasteiger partial charge on any atom is 0.194 e. The van der Waals surface area contributed by atoms with E-state index in [2.05, 4.69) is 4.98 Å². The standard InChI is InChI=1S/C13H10N2O2S/c16-8-10-6-14-13-15(10)7-12(18-13)5-9-2-1-3-11(17)4-9/h1-4,6-8,17H,5H2. The average molecular weight is 258 g/mol. The minimum absolute atomic E-state index is 0.266. The number of aromatic hydroxyl groups is 1. The maximum atomic E-state index is 10.8. The lowest BCUT2D eigenvalue weighted by Gasteiger charge is -1.98. The predicted octanol–water partition coefficient (Wildman–Crippen LogP) is 2.50. The van der Waals surface area contributed by atoms with Crippen molar-refractivity contribution in [1.29, 1.82) is 0 Å². The van der Waals surface area contributed by atoms with Gasteiger partial charge in [-0.05, 0) is 17.7 Å².